The van der Waals surface area contributed by atoms with Gasteiger partial charge in [0.25, 0.3) is 0 Å². The number of rotatable bonds is 3. The van der Waals surface area contributed by atoms with Crippen molar-refractivity contribution in [3.05, 3.63) is 21.3 Å². The van der Waals surface area contributed by atoms with Crippen molar-refractivity contribution in [2.24, 2.45) is 0 Å². The molecule has 0 amide bonds. The van der Waals surface area contributed by atoms with Crippen LogP contribution >= 0.6 is 11.6 Å². The van der Waals surface area contributed by atoms with Crippen molar-refractivity contribution in [1.29, 1.82) is 0 Å². The van der Waals surface area contributed by atoms with E-state index in [0.29, 0.717) is 12.8 Å². The smallest absolute Gasteiger partial charge is 0.334 e. The van der Waals surface area contributed by atoms with Crippen LogP contribution in [0.2, 0.25) is 5.15 Å². The standard InChI is InChI=1S/C12H17ClN4O3/c1-16(7-2-4-8(18)5-3-7)12-11(17(19)20)9(14)6-10(13)15-12/h6-8,18H,2-5H2,1H3,(H2,14,15)/t7-,8-. The second kappa shape index (κ2) is 5.80. The molecular weight excluding hydrogens is 284 g/mol. The maximum absolute atomic E-state index is 11.2. The first-order valence-electron chi connectivity index (χ1n) is 6.41. The number of pyridine rings is 1. The molecule has 0 aliphatic heterocycles. The fourth-order valence-corrected chi connectivity index (χ4v) is 2.76. The minimum atomic E-state index is -0.540. The van der Waals surface area contributed by atoms with Gasteiger partial charge in [-0.2, -0.15) is 0 Å². The Kier molecular flexibility index (Phi) is 4.29. The van der Waals surface area contributed by atoms with Crippen molar-refractivity contribution >= 4 is 28.8 Å². The van der Waals surface area contributed by atoms with E-state index in [-0.39, 0.29) is 34.5 Å². The lowest BCUT2D eigenvalue weighted by molar-refractivity contribution is -0.383. The zero-order valence-corrected chi connectivity index (χ0v) is 11.9. The molecule has 7 nitrogen and oxygen atoms in total. The average Bonchev–Trinajstić information content (AvgIpc) is 2.37. The van der Waals surface area contributed by atoms with Gasteiger partial charge in [0.05, 0.1) is 11.0 Å². The van der Waals surface area contributed by atoms with E-state index in [2.05, 4.69) is 4.98 Å². The number of hydrogen-bond acceptors (Lipinski definition) is 6. The zero-order chi connectivity index (χ0) is 14.9. The molecule has 0 spiro atoms. The molecule has 0 atom stereocenters. The summed E-state index contributed by atoms with van der Waals surface area (Å²) in [7, 11) is 1.74. The topological polar surface area (TPSA) is 106 Å². The molecule has 1 aromatic rings. The van der Waals surface area contributed by atoms with Crippen molar-refractivity contribution in [2.45, 2.75) is 37.8 Å². The fraction of sp³-hybridized carbons (Fsp3) is 0.583. The normalized spacial score (nSPS) is 22.6. The zero-order valence-electron chi connectivity index (χ0n) is 11.1. The lowest BCUT2D eigenvalue weighted by atomic mass is 9.92. The lowest BCUT2D eigenvalue weighted by Gasteiger charge is -2.33. The molecule has 3 N–H and O–H groups in total. The molecular formula is C12H17ClN4O3. The third-order valence-electron chi connectivity index (χ3n) is 3.70. The Morgan fingerprint density at radius 2 is 2.10 bits per heavy atom. The van der Waals surface area contributed by atoms with Gasteiger partial charge in [-0.1, -0.05) is 11.6 Å². The molecule has 8 heteroatoms. The van der Waals surface area contributed by atoms with Crippen LogP contribution in [0.1, 0.15) is 25.7 Å². The summed E-state index contributed by atoms with van der Waals surface area (Å²) in [5.41, 5.74) is 5.47. The number of nitrogens with zero attached hydrogens (tertiary/aromatic N) is 3. The van der Waals surface area contributed by atoms with Gasteiger partial charge < -0.3 is 15.7 Å². The molecule has 0 saturated heterocycles. The van der Waals surface area contributed by atoms with E-state index in [1.807, 2.05) is 0 Å². The largest absolute Gasteiger partial charge is 0.393 e. The molecule has 1 aliphatic carbocycles. The lowest BCUT2D eigenvalue weighted by Crippen LogP contribution is -2.37. The van der Waals surface area contributed by atoms with Crippen LogP contribution in [-0.4, -0.2) is 34.2 Å². The van der Waals surface area contributed by atoms with Gasteiger partial charge in [0.15, 0.2) is 0 Å². The first-order valence-corrected chi connectivity index (χ1v) is 6.79. The van der Waals surface area contributed by atoms with Gasteiger partial charge in [-0.05, 0) is 25.7 Å². The predicted molar refractivity (Wildman–Crippen MR) is 77.0 cm³/mol. The molecule has 0 bridgehead atoms. The second-order valence-corrected chi connectivity index (χ2v) is 5.42. The number of aliphatic hydroxyl groups is 1. The van der Waals surface area contributed by atoms with Gasteiger partial charge in [-0.25, -0.2) is 4.98 Å². The van der Waals surface area contributed by atoms with Crippen molar-refractivity contribution in [3.8, 4) is 0 Å². The summed E-state index contributed by atoms with van der Waals surface area (Å²) >= 11 is 5.85. The first kappa shape index (κ1) is 14.8. The Balaban J connectivity index is 2.33. The van der Waals surface area contributed by atoms with Crippen LogP contribution in [0.15, 0.2) is 6.07 Å². The summed E-state index contributed by atoms with van der Waals surface area (Å²) in [5.74, 6) is 0.182. The second-order valence-electron chi connectivity index (χ2n) is 5.04. The van der Waals surface area contributed by atoms with Gasteiger partial charge >= 0.3 is 5.69 Å². The molecule has 2 rings (SSSR count). The van der Waals surface area contributed by atoms with Crippen LogP contribution < -0.4 is 10.6 Å². The third-order valence-corrected chi connectivity index (χ3v) is 3.90. The maximum Gasteiger partial charge on any atom is 0.334 e. The predicted octanol–water partition coefficient (Wildman–Crippen LogP) is 1.97. The SMILES string of the molecule is CN(c1nc(Cl)cc(N)c1[N+](=O)[O-])[C@H]1CC[C@H](O)CC1. The molecule has 1 saturated carbocycles. The highest BCUT2D eigenvalue weighted by atomic mass is 35.5. The van der Waals surface area contributed by atoms with Crippen molar-refractivity contribution in [2.75, 3.05) is 17.7 Å². The summed E-state index contributed by atoms with van der Waals surface area (Å²) in [6, 6.07) is 1.37. The monoisotopic (exact) mass is 300 g/mol. The van der Waals surface area contributed by atoms with E-state index in [1.165, 1.54) is 6.07 Å². The summed E-state index contributed by atoms with van der Waals surface area (Å²) in [6.45, 7) is 0. The van der Waals surface area contributed by atoms with E-state index in [9.17, 15) is 15.2 Å². The van der Waals surface area contributed by atoms with Gasteiger partial charge in [0, 0.05) is 19.2 Å². The van der Waals surface area contributed by atoms with Crippen LogP contribution in [0.5, 0.6) is 0 Å². The number of nitrogen functional groups attached to an aromatic ring is 1. The van der Waals surface area contributed by atoms with E-state index in [1.54, 1.807) is 11.9 Å². The van der Waals surface area contributed by atoms with Crippen molar-refractivity contribution < 1.29 is 10.0 Å². The van der Waals surface area contributed by atoms with Crippen LogP contribution in [0.4, 0.5) is 17.2 Å². The number of nitro groups is 1. The summed E-state index contributed by atoms with van der Waals surface area (Å²) in [5, 5.41) is 20.8. The van der Waals surface area contributed by atoms with Crippen LogP contribution in [-0.2, 0) is 0 Å². The molecule has 1 heterocycles. The van der Waals surface area contributed by atoms with Gasteiger partial charge in [0.1, 0.15) is 10.8 Å². The van der Waals surface area contributed by atoms with Crippen molar-refractivity contribution in [1.82, 2.24) is 4.98 Å². The molecule has 0 aromatic carbocycles. The Bertz CT molecular complexity index is 518. The molecule has 1 fully saturated rings. The molecule has 20 heavy (non-hydrogen) atoms. The molecule has 1 aliphatic rings. The summed E-state index contributed by atoms with van der Waals surface area (Å²) in [4.78, 5) is 16.4. The Hall–Kier alpha value is -1.60. The van der Waals surface area contributed by atoms with Gasteiger partial charge in [-0.3, -0.25) is 10.1 Å². The highest BCUT2D eigenvalue weighted by molar-refractivity contribution is 6.30. The number of aliphatic hydroxyl groups excluding tert-OH is 1. The van der Waals surface area contributed by atoms with Crippen LogP contribution in [0.25, 0.3) is 0 Å². The highest BCUT2D eigenvalue weighted by Gasteiger charge is 2.30. The minimum Gasteiger partial charge on any atom is -0.393 e. The summed E-state index contributed by atoms with van der Waals surface area (Å²) < 4.78 is 0. The highest BCUT2D eigenvalue weighted by Crippen LogP contribution is 2.36. The average molecular weight is 301 g/mol. The van der Waals surface area contributed by atoms with Gasteiger partial charge in [-0.15, -0.1) is 0 Å². The van der Waals surface area contributed by atoms with Crippen molar-refractivity contribution in [3.63, 3.8) is 0 Å². The quantitative estimate of drug-likeness (QED) is 0.502. The fourth-order valence-electron chi connectivity index (χ4n) is 2.56. The Morgan fingerprint density at radius 1 is 1.50 bits per heavy atom. The first-order chi connectivity index (χ1) is 9.40. The van der Waals surface area contributed by atoms with E-state index in [0.717, 1.165) is 12.8 Å². The molecule has 110 valence electrons. The van der Waals surface area contributed by atoms with Crippen LogP contribution in [0, 0.1) is 10.1 Å². The number of aromatic nitrogens is 1. The number of anilines is 2. The number of hydrogen-bond donors (Lipinski definition) is 2. The van der Waals surface area contributed by atoms with Gasteiger partial charge in [0.2, 0.25) is 5.82 Å². The van der Waals surface area contributed by atoms with E-state index in [4.69, 9.17) is 17.3 Å². The minimum absolute atomic E-state index is 0.00712. The molecule has 0 unspecified atom stereocenters. The molecule has 0 radical (unpaired) electrons. The Morgan fingerprint density at radius 3 is 2.65 bits per heavy atom. The molecule has 1 aromatic heterocycles. The third kappa shape index (κ3) is 2.94. The maximum atomic E-state index is 11.2. The number of halogens is 1. The van der Waals surface area contributed by atoms with Crippen LogP contribution in [0.3, 0.4) is 0 Å². The van der Waals surface area contributed by atoms with E-state index < -0.39 is 4.92 Å². The number of nitrogens with two attached hydrogens (primary N) is 1. The Labute approximate surface area is 121 Å². The summed E-state index contributed by atoms with van der Waals surface area (Å²) in [6.07, 6.45) is 2.58. The van der Waals surface area contributed by atoms with E-state index >= 15 is 0 Å².